The highest BCUT2D eigenvalue weighted by molar-refractivity contribution is 5.82. The molecule has 0 bridgehead atoms. The number of hydrogen-bond acceptors (Lipinski definition) is 6. The first-order chi connectivity index (χ1) is 12.6. The van der Waals surface area contributed by atoms with Gasteiger partial charge in [-0.25, -0.2) is 4.39 Å². The van der Waals surface area contributed by atoms with Crippen molar-refractivity contribution in [1.29, 1.82) is 0 Å². The van der Waals surface area contributed by atoms with Gasteiger partial charge in [-0.15, -0.1) is 0 Å². The van der Waals surface area contributed by atoms with Crippen LogP contribution in [0.5, 0.6) is 0 Å². The fraction of sp³-hybridized carbons (Fsp3) is 0.278. The largest absolute Gasteiger partial charge is 0.391 e. The number of anilines is 1. The van der Waals surface area contributed by atoms with E-state index in [1.807, 2.05) is 4.90 Å². The highest BCUT2D eigenvalue weighted by atomic mass is 19.1. The summed E-state index contributed by atoms with van der Waals surface area (Å²) in [7, 11) is 0. The Morgan fingerprint density at radius 1 is 1.27 bits per heavy atom. The number of morpholine rings is 1. The second-order valence-electron chi connectivity index (χ2n) is 5.70. The van der Waals surface area contributed by atoms with E-state index in [1.165, 1.54) is 18.3 Å². The molecule has 2 aromatic rings. The van der Waals surface area contributed by atoms with E-state index in [1.54, 1.807) is 30.3 Å². The van der Waals surface area contributed by atoms with Crippen molar-refractivity contribution in [2.24, 2.45) is 5.16 Å². The zero-order valence-electron chi connectivity index (χ0n) is 14.0. The average Bonchev–Trinajstić information content (AvgIpc) is 2.67. The standard InChI is InChI=1S/C18H18FN3O4/c19-16-4-2-1-3-15(16)13-26-20-12-14-5-6-17(18(11-14)22(23)24)21-7-9-25-10-8-21/h1-6,11-12H,7-10,13H2/b20-12-. The van der Waals surface area contributed by atoms with E-state index < -0.39 is 4.92 Å². The molecule has 0 spiro atoms. The molecule has 0 aromatic heterocycles. The van der Waals surface area contributed by atoms with Gasteiger partial charge < -0.3 is 14.5 Å². The molecule has 0 saturated carbocycles. The monoisotopic (exact) mass is 359 g/mol. The summed E-state index contributed by atoms with van der Waals surface area (Å²) in [5.74, 6) is -0.367. The first-order valence-electron chi connectivity index (χ1n) is 8.15. The van der Waals surface area contributed by atoms with E-state index in [0.29, 0.717) is 43.1 Å². The van der Waals surface area contributed by atoms with Gasteiger partial charge in [-0.05, 0) is 12.1 Å². The van der Waals surface area contributed by atoms with Crippen LogP contribution in [0, 0.1) is 15.9 Å². The minimum absolute atomic E-state index is 0.00459. The van der Waals surface area contributed by atoms with Crippen LogP contribution in [-0.2, 0) is 16.2 Å². The molecule has 1 saturated heterocycles. The number of nitro groups is 1. The molecule has 7 nitrogen and oxygen atoms in total. The van der Waals surface area contributed by atoms with Gasteiger partial charge in [0.15, 0.2) is 0 Å². The molecule has 1 heterocycles. The van der Waals surface area contributed by atoms with Crippen LogP contribution in [-0.4, -0.2) is 37.4 Å². The molecule has 1 aliphatic rings. The van der Waals surface area contributed by atoms with Crippen LogP contribution in [0.3, 0.4) is 0 Å². The molecule has 0 atom stereocenters. The molecule has 0 amide bonds. The van der Waals surface area contributed by atoms with E-state index >= 15 is 0 Å². The molecule has 1 aliphatic heterocycles. The summed E-state index contributed by atoms with van der Waals surface area (Å²) in [5.41, 5.74) is 1.48. The van der Waals surface area contributed by atoms with Crippen molar-refractivity contribution in [3.05, 3.63) is 69.5 Å². The molecular weight excluding hydrogens is 341 g/mol. The predicted octanol–water partition coefficient (Wildman–Crippen LogP) is 3.12. The van der Waals surface area contributed by atoms with Gasteiger partial charge in [0.05, 0.1) is 24.4 Å². The third kappa shape index (κ3) is 4.34. The van der Waals surface area contributed by atoms with Gasteiger partial charge in [-0.1, -0.05) is 29.4 Å². The zero-order valence-corrected chi connectivity index (χ0v) is 14.0. The Hall–Kier alpha value is -3.00. The van der Waals surface area contributed by atoms with Crippen molar-refractivity contribution >= 4 is 17.6 Å². The van der Waals surface area contributed by atoms with Crippen LogP contribution in [0.15, 0.2) is 47.6 Å². The van der Waals surface area contributed by atoms with Crippen molar-refractivity contribution in [3.8, 4) is 0 Å². The molecule has 0 N–H and O–H groups in total. The van der Waals surface area contributed by atoms with E-state index in [2.05, 4.69) is 5.16 Å². The summed E-state index contributed by atoms with van der Waals surface area (Å²) in [5, 5.41) is 15.2. The van der Waals surface area contributed by atoms with Crippen molar-refractivity contribution in [3.63, 3.8) is 0 Å². The molecule has 0 unspecified atom stereocenters. The Kier molecular flexibility index (Phi) is 5.75. The van der Waals surface area contributed by atoms with Gasteiger partial charge in [-0.3, -0.25) is 10.1 Å². The summed E-state index contributed by atoms with van der Waals surface area (Å²) in [6.45, 7) is 2.30. The molecule has 136 valence electrons. The van der Waals surface area contributed by atoms with E-state index in [4.69, 9.17) is 9.57 Å². The number of nitro benzene ring substituents is 1. The van der Waals surface area contributed by atoms with E-state index in [9.17, 15) is 14.5 Å². The number of ether oxygens (including phenoxy) is 1. The molecule has 3 rings (SSSR count). The highest BCUT2D eigenvalue weighted by Gasteiger charge is 2.21. The van der Waals surface area contributed by atoms with Crippen LogP contribution in [0.25, 0.3) is 0 Å². The Morgan fingerprint density at radius 3 is 2.77 bits per heavy atom. The average molecular weight is 359 g/mol. The van der Waals surface area contributed by atoms with Crippen molar-refractivity contribution in [1.82, 2.24) is 0 Å². The lowest BCUT2D eigenvalue weighted by atomic mass is 10.1. The molecule has 0 radical (unpaired) electrons. The smallest absolute Gasteiger partial charge is 0.293 e. The lowest BCUT2D eigenvalue weighted by molar-refractivity contribution is -0.384. The molecule has 2 aromatic carbocycles. The Balaban J connectivity index is 1.69. The Labute approximate surface area is 149 Å². The summed E-state index contributed by atoms with van der Waals surface area (Å²) >= 11 is 0. The maximum atomic E-state index is 13.5. The number of benzene rings is 2. The summed E-state index contributed by atoms with van der Waals surface area (Å²) < 4.78 is 18.8. The second-order valence-corrected chi connectivity index (χ2v) is 5.70. The zero-order chi connectivity index (χ0) is 18.4. The number of halogens is 1. The fourth-order valence-electron chi connectivity index (χ4n) is 2.66. The normalized spacial score (nSPS) is 14.6. The summed E-state index contributed by atoms with van der Waals surface area (Å²) in [4.78, 5) is 18.0. The number of nitrogens with zero attached hydrogens (tertiary/aromatic N) is 3. The minimum Gasteiger partial charge on any atom is -0.391 e. The lowest BCUT2D eigenvalue weighted by Crippen LogP contribution is -2.36. The van der Waals surface area contributed by atoms with Gasteiger partial charge in [0, 0.05) is 30.3 Å². The topological polar surface area (TPSA) is 77.2 Å². The molecule has 8 heteroatoms. The van der Waals surface area contributed by atoms with E-state index in [-0.39, 0.29) is 18.1 Å². The molecular formula is C18H18FN3O4. The van der Waals surface area contributed by atoms with Gasteiger partial charge in [0.2, 0.25) is 0 Å². The number of oxime groups is 1. The minimum atomic E-state index is -0.414. The van der Waals surface area contributed by atoms with Crippen molar-refractivity contribution < 1.29 is 18.9 Å². The van der Waals surface area contributed by atoms with Crippen LogP contribution in [0.2, 0.25) is 0 Å². The fourth-order valence-corrected chi connectivity index (χ4v) is 2.66. The third-order valence-corrected chi connectivity index (χ3v) is 4.00. The summed E-state index contributed by atoms with van der Waals surface area (Å²) in [6, 6.07) is 11.1. The number of hydrogen-bond donors (Lipinski definition) is 0. The maximum Gasteiger partial charge on any atom is 0.293 e. The molecule has 26 heavy (non-hydrogen) atoms. The van der Waals surface area contributed by atoms with Gasteiger partial charge >= 0.3 is 0 Å². The van der Waals surface area contributed by atoms with Crippen molar-refractivity contribution in [2.45, 2.75) is 6.61 Å². The van der Waals surface area contributed by atoms with E-state index in [0.717, 1.165) is 0 Å². The molecule has 0 aliphatic carbocycles. The third-order valence-electron chi connectivity index (χ3n) is 4.00. The van der Waals surface area contributed by atoms with Gasteiger partial charge in [0.1, 0.15) is 18.1 Å². The van der Waals surface area contributed by atoms with Gasteiger partial charge in [0.25, 0.3) is 5.69 Å². The van der Waals surface area contributed by atoms with Crippen LogP contribution >= 0.6 is 0 Å². The second kappa shape index (κ2) is 8.39. The predicted molar refractivity (Wildman–Crippen MR) is 94.9 cm³/mol. The van der Waals surface area contributed by atoms with Crippen LogP contribution in [0.4, 0.5) is 15.8 Å². The lowest BCUT2D eigenvalue weighted by Gasteiger charge is -2.28. The van der Waals surface area contributed by atoms with Crippen molar-refractivity contribution in [2.75, 3.05) is 31.2 Å². The first-order valence-corrected chi connectivity index (χ1v) is 8.15. The SMILES string of the molecule is O=[N+]([O-])c1cc(/C=N\OCc2ccccc2F)ccc1N1CCOCC1. The maximum absolute atomic E-state index is 13.5. The van der Waals surface area contributed by atoms with Crippen LogP contribution < -0.4 is 4.90 Å². The molecule has 1 fully saturated rings. The Bertz CT molecular complexity index is 807. The van der Waals surface area contributed by atoms with Gasteiger partial charge in [-0.2, -0.15) is 0 Å². The quantitative estimate of drug-likeness (QED) is 0.450. The first kappa shape index (κ1) is 17.8. The summed E-state index contributed by atoms with van der Waals surface area (Å²) in [6.07, 6.45) is 1.37. The Morgan fingerprint density at radius 2 is 2.04 bits per heavy atom. The van der Waals surface area contributed by atoms with Crippen LogP contribution in [0.1, 0.15) is 11.1 Å². The highest BCUT2D eigenvalue weighted by Crippen LogP contribution is 2.29. The number of rotatable bonds is 6.